The molecule has 20 heavy (non-hydrogen) atoms. The Bertz CT molecular complexity index is 787. The number of carbonyl (C=O) groups is 1. The summed E-state index contributed by atoms with van der Waals surface area (Å²) in [5.74, 6) is -0.429. The van der Waals surface area contributed by atoms with Crippen molar-refractivity contribution >= 4 is 26.7 Å². The first-order valence-corrected chi connectivity index (χ1v) is 8.12. The van der Waals surface area contributed by atoms with Gasteiger partial charge >= 0.3 is 5.97 Å². The van der Waals surface area contributed by atoms with E-state index in [-0.39, 0.29) is 11.5 Å². The zero-order valence-electron chi connectivity index (χ0n) is 11.9. The summed E-state index contributed by atoms with van der Waals surface area (Å²) in [6, 6.07) is 4.79. The number of benzene rings is 1. The van der Waals surface area contributed by atoms with Crippen LogP contribution in [0.15, 0.2) is 23.1 Å². The minimum Gasteiger partial charge on any atom is -0.462 e. The van der Waals surface area contributed by atoms with Crippen LogP contribution in [0.4, 0.5) is 0 Å². The molecule has 2 rings (SSSR count). The largest absolute Gasteiger partial charge is 0.462 e. The fourth-order valence-electron chi connectivity index (χ4n) is 2.24. The summed E-state index contributed by atoms with van der Waals surface area (Å²) >= 11 is 0. The summed E-state index contributed by atoms with van der Waals surface area (Å²) in [6.45, 7) is 3.83. The molecule has 5 nitrogen and oxygen atoms in total. The predicted octanol–water partition coefficient (Wildman–Crippen LogP) is 2.07. The van der Waals surface area contributed by atoms with Crippen molar-refractivity contribution in [1.29, 1.82) is 0 Å². The van der Waals surface area contributed by atoms with Gasteiger partial charge in [0, 0.05) is 29.9 Å². The molecule has 0 aliphatic heterocycles. The number of fused-ring (bicyclic) bond motifs is 1. The third kappa shape index (κ3) is 2.31. The summed E-state index contributed by atoms with van der Waals surface area (Å²) in [7, 11) is -1.48. The van der Waals surface area contributed by atoms with Gasteiger partial charge in [0.05, 0.1) is 17.1 Å². The van der Waals surface area contributed by atoms with E-state index < -0.39 is 15.8 Å². The van der Waals surface area contributed by atoms with E-state index in [1.165, 1.54) is 6.07 Å². The van der Waals surface area contributed by atoms with Gasteiger partial charge in [0.1, 0.15) is 0 Å². The van der Waals surface area contributed by atoms with E-state index in [1.54, 1.807) is 19.1 Å². The average Bonchev–Trinajstić information content (AvgIpc) is 2.61. The molecule has 0 radical (unpaired) electrons. The predicted molar refractivity (Wildman–Crippen MR) is 76.7 cm³/mol. The Morgan fingerprint density at radius 3 is 2.55 bits per heavy atom. The van der Waals surface area contributed by atoms with Crippen molar-refractivity contribution in [3.05, 3.63) is 29.5 Å². The van der Waals surface area contributed by atoms with Crippen molar-refractivity contribution < 1.29 is 17.9 Å². The first kappa shape index (κ1) is 14.6. The summed E-state index contributed by atoms with van der Waals surface area (Å²) in [6.07, 6.45) is 1.15. The Hall–Kier alpha value is -1.82. The van der Waals surface area contributed by atoms with E-state index in [9.17, 15) is 13.2 Å². The number of esters is 1. The fraction of sp³-hybridized carbons (Fsp3) is 0.357. The quantitative estimate of drug-likeness (QED) is 0.813. The molecule has 0 bridgehead atoms. The molecule has 108 valence electrons. The molecule has 1 aromatic heterocycles. The molecule has 1 heterocycles. The highest BCUT2D eigenvalue weighted by Crippen LogP contribution is 2.28. The van der Waals surface area contributed by atoms with Gasteiger partial charge in [0.2, 0.25) is 0 Å². The normalized spacial score (nSPS) is 11.8. The number of hydrogen-bond donors (Lipinski definition) is 0. The number of carbonyl (C=O) groups excluding carboxylic acids is 1. The summed E-state index contributed by atoms with van der Waals surface area (Å²) in [5.41, 5.74) is 1.98. The van der Waals surface area contributed by atoms with E-state index in [2.05, 4.69) is 0 Å². The van der Waals surface area contributed by atoms with Crippen LogP contribution in [0, 0.1) is 6.92 Å². The van der Waals surface area contributed by atoms with E-state index in [4.69, 9.17) is 4.74 Å². The van der Waals surface area contributed by atoms with Gasteiger partial charge in [-0.3, -0.25) is 0 Å². The van der Waals surface area contributed by atoms with Crippen molar-refractivity contribution in [2.45, 2.75) is 18.7 Å². The third-order valence-electron chi connectivity index (χ3n) is 3.37. The maximum atomic E-state index is 12.1. The molecule has 6 heteroatoms. The van der Waals surface area contributed by atoms with Gasteiger partial charge in [-0.1, -0.05) is 0 Å². The minimum absolute atomic E-state index is 0.196. The van der Waals surface area contributed by atoms with Crippen LogP contribution >= 0.6 is 0 Å². The van der Waals surface area contributed by atoms with Crippen molar-refractivity contribution in [3.8, 4) is 0 Å². The number of rotatable bonds is 3. The van der Waals surface area contributed by atoms with E-state index >= 15 is 0 Å². The number of aryl methyl sites for hydroxylation is 1. The van der Waals surface area contributed by atoms with Gasteiger partial charge in [0.15, 0.2) is 9.84 Å². The van der Waals surface area contributed by atoms with Crippen LogP contribution in [0.1, 0.15) is 23.0 Å². The molecular weight excluding hydrogens is 278 g/mol. The van der Waals surface area contributed by atoms with Crippen LogP contribution in [0.3, 0.4) is 0 Å². The van der Waals surface area contributed by atoms with Crippen LogP contribution < -0.4 is 0 Å². The van der Waals surface area contributed by atoms with Gasteiger partial charge in [-0.25, -0.2) is 13.2 Å². The lowest BCUT2D eigenvalue weighted by atomic mass is 10.1. The maximum Gasteiger partial charge on any atom is 0.340 e. The average molecular weight is 295 g/mol. The van der Waals surface area contributed by atoms with E-state index in [1.807, 2.05) is 18.5 Å². The Morgan fingerprint density at radius 2 is 2.00 bits per heavy atom. The van der Waals surface area contributed by atoms with Crippen LogP contribution in [0.5, 0.6) is 0 Å². The van der Waals surface area contributed by atoms with Crippen molar-refractivity contribution in [1.82, 2.24) is 4.57 Å². The van der Waals surface area contributed by atoms with E-state index in [0.717, 1.165) is 17.5 Å². The number of nitrogens with zero attached hydrogens (tertiary/aromatic N) is 1. The van der Waals surface area contributed by atoms with Crippen LogP contribution in [0.2, 0.25) is 0 Å². The lowest BCUT2D eigenvalue weighted by Crippen LogP contribution is -2.06. The first-order valence-electron chi connectivity index (χ1n) is 6.23. The van der Waals surface area contributed by atoms with Gasteiger partial charge in [0.25, 0.3) is 0 Å². The molecule has 0 N–H and O–H groups in total. The molecule has 0 spiro atoms. The Kier molecular flexibility index (Phi) is 3.60. The fourth-order valence-corrected chi connectivity index (χ4v) is 2.89. The van der Waals surface area contributed by atoms with Crippen LogP contribution in [-0.4, -0.2) is 31.8 Å². The number of ether oxygens (including phenoxy) is 1. The first-order chi connectivity index (χ1) is 9.27. The molecule has 0 atom stereocenters. The standard InChI is InChI=1S/C14H17NO4S/c1-5-19-14(16)13-9(2)15(3)12-7-6-10(8-11(12)13)20(4,17)18/h6-8H,5H2,1-4H3. The minimum atomic E-state index is -3.31. The summed E-state index contributed by atoms with van der Waals surface area (Å²) < 4.78 is 30.2. The molecule has 0 saturated heterocycles. The molecule has 0 aliphatic carbocycles. The Morgan fingerprint density at radius 1 is 1.35 bits per heavy atom. The smallest absolute Gasteiger partial charge is 0.340 e. The zero-order valence-corrected chi connectivity index (χ0v) is 12.7. The van der Waals surface area contributed by atoms with Crippen molar-refractivity contribution in [3.63, 3.8) is 0 Å². The van der Waals surface area contributed by atoms with Gasteiger partial charge < -0.3 is 9.30 Å². The summed E-state index contributed by atoms with van der Waals surface area (Å²) in [5, 5.41) is 0.603. The second kappa shape index (κ2) is 4.94. The zero-order chi connectivity index (χ0) is 15.1. The molecule has 0 saturated carbocycles. The molecule has 0 aliphatic rings. The number of sulfone groups is 1. The highest BCUT2D eigenvalue weighted by atomic mass is 32.2. The van der Waals surface area contributed by atoms with Crippen LogP contribution in [0.25, 0.3) is 10.9 Å². The second-order valence-electron chi connectivity index (χ2n) is 4.69. The SMILES string of the molecule is CCOC(=O)c1c(C)n(C)c2ccc(S(C)(=O)=O)cc12. The molecule has 0 amide bonds. The number of hydrogen-bond acceptors (Lipinski definition) is 4. The third-order valence-corrected chi connectivity index (χ3v) is 4.48. The van der Waals surface area contributed by atoms with E-state index in [0.29, 0.717) is 10.9 Å². The Labute approximate surface area is 118 Å². The molecular formula is C14H17NO4S. The molecule has 0 fully saturated rings. The lowest BCUT2D eigenvalue weighted by molar-refractivity contribution is 0.0527. The highest BCUT2D eigenvalue weighted by molar-refractivity contribution is 7.90. The van der Waals surface area contributed by atoms with Crippen LogP contribution in [-0.2, 0) is 21.6 Å². The van der Waals surface area contributed by atoms with Gasteiger partial charge in [-0.2, -0.15) is 0 Å². The Balaban J connectivity index is 2.79. The van der Waals surface area contributed by atoms with Gasteiger partial charge in [-0.05, 0) is 32.0 Å². The lowest BCUT2D eigenvalue weighted by Gasteiger charge is -2.02. The maximum absolute atomic E-state index is 12.1. The topological polar surface area (TPSA) is 65.4 Å². The molecule has 1 aromatic carbocycles. The molecule has 2 aromatic rings. The van der Waals surface area contributed by atoms with Crippen molar-refractivity contribution in [2.24, 2.45) is 7.05 Å². The van der Waals surface area contributed by atoms with Gasteiger partial charge in [-0.15, -0.1) is 0 Å². The number of aromatic nitrogens is 1. The summed E-state index contributed by atoms with van der Waals surface area (Å²) in [4.78, 5) is 12.3. The van der Waals surface area contributed by atoms with Crippen molar-refractivity contribution in [2.75, 3.05) is 12.9 Å². The second-order valence-corrected chi connectivity index (χ2v) is 6.71. The monoisotopic (exact) mass is 295 g/mol. The highest BCUT2D eigenvalue weighted by Gasteiger charge is 2.21. The molecule has 0 unspecified atom stereocenters.